The van der Waals surface area contributed by atoms with Crippen LogP contribution in [0.4, 0.5) is 0 Å². The number of ketones is 1. The van der Waals surface area contributed by atoms with Gasteiger partial charge >= 0.3 is 0 Å². The van der Waals surface area contributed by atoms with Gasteiger partial charge < -0.3 is 15.3 Å². The first-order chi connectivity index (χ1) is 10.4. The maximum atomic E-state index is 12.2. The molecule has 1 heterocycles. The van der Waals surface area contributed by atoms with Crippen molar-refractivity contribution in [3.63, 3.8) is 0 Å². The highest BCUT2D eigenvalue weighted by Gasteiger charge is 2.33. The Balaban J connectivity index is 2.58. The lowest BCUT2D eigenvalue weighted by molar-refractivity contribution is -0.114. The number of Topliss-reactive ketones (excluding diaryl/α,β-unsaturated/α-hetero) is 1. The highest BCUT2D eigenvalue weighted by molar-refractivity contribution is 9.10. The Hall–Kier alpha value is -1.40. The van der Waals surface area contributed by atoms with E-state index in [2.05, 4.69) is 28.2 Å². The van der Waals surface area contributed by atoms with E-state index in [0.717, 1.165) is 23.1 Å². The molecule has 0 amide bonds. The summed E-state index contributed by atoms with van der Waals surface area (Å²) in [6.45, 7) is 6.27. The van der Waals surface area contributed by atoms with Crippen molar-refractivity contribution in [3.8, 4) is 5.75 Å². The fraction of sp³-hybridized carbons (Fsp3) is 0.375. The number of nitrogens with one attached hydrogen (secondary N) is 1. The van der Waals surface area contributed by atoms with Crippen LogP contribution in [0.3, 0.4) is 0 Å². The van der Waals surface area contributed by atoms with Gasteiger partial charge in [-0.05, 0) is 50.7 Å². The lowest BCUT2D eigenvalue weighted by Crippen LogP contribution is -2.47. The van der Waals surface area contributed by atoms with Gasteiger partial charge in [0, 0.05) is 27.9 Å². The summed E-state index contributed by atoms with van der Waals surface area (Å²) < 4.78 is 0.838. The molecular formula is C16H19BrN2O2S. The smallest absolute Gasteiger partial charge is 0.173 e. The molecular weight excluding hydrogens is 364 g/mol. The molecule has 0 fully saturated rings. The number of hydrogen-bond acceptors (Lipinski definition) is 3. The third-order valence-corrected chi connectivity index (χ3v) is 4.55. The van der Waals surface area contributed by atoms with Gasteiger partial charge in [-0.15, -0.1) is 0 Å². The monoisotopic (exact) mass is 382 g/mol. The average Bonchev–Trinajstić information content (AvgIpc) is 2.45. The molecule has 2 N–H and O–H groups in total. The van der Waals surface area contributed by atoms with E-state index in [4.69, 9.17) is 12.2 Å². The van der Waals surface area contributed by atoms with Crippen LogP contribution >= 0.6 is 28.1 Å². The number of phenols is 1. The third kappa shape index (κ3) is 3.17. The molecule has 1 aromatic carbocycles. The Morgan fingerprint density at radius 2 is 2.18 bits per heavy atom. The summed E-state index contributed by atoms with van der Waals surface area (Å²) in [5, 5.41) is 13.9. The number of aromatic hydroxyl groups is 1. The van der Waals surface area contributed by atoms with Crippen molar-refractivity contribution in [2.24, 2.45) is 0 Å². The van der Waals surface area contributed by atoms with Gasteiger partial charge in [-0.2, -0.15) is 0 Å². The average molecular weight is 383 g/mol. The zero-order valence-electron chi connectivity index (χ0n) is 12.8. The standard InChI is InChI=1S/C16H19BrN2O2S/c1-4-7-19-9(2)14(10(3)20)15(18-16(19)22)12-8-11(17)5-6-13(12)21/h5-6,8,15,21H,4,7H2,1-3H3,(H,18,22). The molecule has 1 aromatic rings. The number of hydrogen-bond donors (Lipinski definition) is 2. The van der Waals surface area contributed by atoms with Gasteiger partial charge in [0.2, 0.25) is 0 Å². The molecule has 2 rings (SSSR count). The lowest BCUT2D eigenvalue weighted by atomic mass is 9.92. The number of phenolic OH excluding ortho intramolecular Hbond substituents is 1. The molecule has 4 nitrogen and oxygen atoms in total. The Morgan fingerprint density at radius 3 is 2.77 bits per heavy atom. The number of benzene rings is 1. The maximum absolute atomic E-state index is 12.2. The molecule has 6 heteroatoms. The van der Waals surface area contributed by atoms with E-state index in [0.29, 0.717) is 16.2 Å². The Bertz CT molecular complexity index is 658. The zero-order valence-corrected chi connectivity index (χ0v) is 15.2. The Kier molecular flexibility index (Phi) is 5.24. The molecule has 0 bridgehead atoms. The molecule has 1 atom stereocenters. The summed E-state index contributed by atoms with van der Waals surface area (Å²) >= 11 is 8.84. The minimum atomic E-state index is -0.435. The van der Waals surface area contributed by atoms with Crippen molar-refractivity contribution < 1.29 is 9.90 Å². The maximum Gasteiger partial charge on any atom is 0.173 e. The number of nitrogens with zero attached hydrogens (tertiary/aromatic N) is 1. The van der Waals surface area contributed by atoms with Crippen LogP contribution in [-0.4, -0.2) is 27.4 Å². The minimum absolute atomic E-state index is 0.0296. The second kappa shape index (κ2) is 6.79. The number of carbonyl (C=O) groups excluding carboxylic acids is 1. The first-order valence-electron chi connectivity index (χ1n) is 7.15. The van der Waals surface area contributed by atoms with E-state index < -0.39 is 6.04 Å². The highest BCUT2D eigenvalue weighted by atomic mass is 79.9. The van der Waals surface area contributed by atoms with Crippen LogP contribution in [0.15, 0.2) is 33.9 Å². The molecule has 0 saturated heterocycles. The van der Waals surface area contributed by atoms with Crippen molar-refractivity contribution in [1.29, 1.82) is 0 Å². The van der Waals surface area contributed by atoms with Gasteiger partial charge in [0.1, 0.15) is 5.75 Å². The van der Waals surface area contributed by atoms with E-state index in [1.165, 1.54) is 0 Å². The molecule has 118 valence electrons. The van der Waals surface area contributed by atoms with Crippen LogP contribution in [0.1, 0.15) is 38.8 Å². The molecule has 0 aromatic heterocycles. The van der Waals surface area contributed by atoms with Crippen LogP contribution in [0.2, 0.25) is 0 Å². The predicted molar refractivity (Wildman–Crippen MR) is 94.7 cm³/mol. The van der Waals surface area contributed by atoms with Gasteiger partial charge in [-0.25, -0.2) is 0 Å². The first kappa shape index (κ1) is 17.0. The van der Waals surface area contributed by atoms with Gasteiger partial charge in [0.25, 0.3) is 0 Å². The molecule has 22 heavy (non-hydrogen) atoms. The molecule has 0 saturated carbocycles. The molecule has 1 aliphatic rings. The Morgan fingerprint density at radius 1 is 1.50 bits per heavy atom. The number of rotatable bonds is 4. The lowest BCUT2D eigenvalue weighted by Gasteiger charge is -2.37. The van der Waals surface area contributed by atoms with Crippen molar-refractivity contribution >= 4 is 39.0 Å². The normalized spacial score (nSPS) is 18.5. The van der Waals surface area contributed by atoms with Crippen LogP contribution in [0.5, 0.6) is 5.75 Å². The van der Waals surface area contributed by atoms with Crippen molar-refractivity contribution in [2.75, 3.05) is 6.54 Å². The van der Waals surface area contributed by atoms with Gasteiger partial charge in [0.15, 0.2) is 10.9 Å². The SMILES string of the molecule is CCCN1C(=S)NC(c2cc(Br)ccc2O)C(C(C)=O)=C1C. The summed E-state index contributed by atoms with van der Waals surface area (Å²) in [4.78, 5) is 14.1. The fourth-order valence-corrected chi connectivity index (χ4v) is 3.45. The van der Waals surface area contributed by atoms with E-state index in [1.54, 1.807) is 25.1 Å². The van der Waals surface area contributed by atoms with Crippen LogP contribution < -0.4 is 5.32 Å². The van der Waals surface area contributed by atoms with Crippen molar-refractivity contribution in [3.05, 3.63) is 39.5 Å². The van der Waals surface area contributed by atoms with E-state index in [9.17, 15) is 9.90 Å². The number of halogens is 1. The molecule has 0 radical (unpaired) electrons. The van der Waals surface area contributed by atoms with Crippen molar-refractivity contribution in [1.82, 2.24) is 10.2 Å². The van der Waals surface area contributed by atoms with E-state index >= 15 is 0 Å². The Labute approximate surface area is 144 Å². The van der Waals surface area contributed by atoms with E-state index in [1.807, 2.05) is 11.8 Å². The molecule has 1 unspecified atom stereocenters. The molecule has 0 aliphatic carbocycles. The topological polar surface area (TPSA) is 52.6 Å². The predicted octanol–water partition coefficient (Wildman–Crippen LogP) is 3.66. The number of allylic oxidation sites excluding steroid dienone is 1. The second-order valence-electron chi connectivity index (χ2n) is 5.29. The minimum Gasteiger partial charge on any atom is -0.508 e. The van der Waals surface area contributed by atoms with Gasteiger partial charge in [-0.1, -0.05) is 22.9 Å². The van der Waals surface area contributed by atoms with Gasteiger partial charge in [-0.3, -0.25) is 4.79 Å². The quantitative estimate of drug-likeness (QED) is 0.778. The first-order valence-corrected chi connectivity index (χ1v) is 8.35. The fourth-order valence-electron chi connectivity index (χ4n) is 2.72. The largest absolute Gasteiger partial charge is 0.508 e. The summed E-state index contributed by atoms with van der Waals surface area (Å²) in [5.74, 6) is 0.108. The van der Waals surface area contributed by atoms with Crippen LogP contribution in [0.25, 0.3) is 0 Å². The summed E-state index contributed by atoms with van der Waals surface area (Å²) in [5.41, 5.74) is 2.12. The summed E-state index contributed by atoms with van der Waals surface area (Å²) in [6, 6.07) is 4.74. The van der Waals surface area contributed by atoms with Crippen molar-refractivity contribution in [2.45, 2.75) is 33.2 Å². The van der Waals surface area contributed by atoms with Crippen LogP contribution in [-0.2, 0) is 4.79 Å². The van der Waals surface area contributed by atoms with Crippen LogP contribution in [0, 0.1) is 0 Å². The number of thiocarbonyl (C=S) groups is 1. The van der Waals surface area contributed by atoms with Gasteiger partial charge in [0.05, 0.1) is 6.04 Å². The number of carbonyl (C=O) groups is 1. The summed E-state index contributed by atoms with van der Waals surface area (Å²) in [7, 11) is 0. The summed E-state index contributed by atoms with van der Waals surface area (Å²) in [6.07, 6.45) is 0.928. The molecule has 0 spiro atoms. The second-order valence-corrected chi connectivity index (χ2v) is 6.59. The zero-order chi connectivity index (χ0) is 16.4. The third-order valence-electron chi connectivity index (χ3n) is 3.72. The molecule has 1 aliphatic heterocycles. The highest BCUT2D eigenvalue weighted by Crippen LogP contribution is 2.36. The van der Waals surface area contributed by atoms with E-state index in [-0.39, 0.29) is 11.5 Å².